The average molecular weight is 339 g/mol. The summed E-state index contributed by atoms with van der Waals surface area (Å²) in [7, 11) is 0. The summed E-state index contributed by atoms with van der Waals surface area (Å²) in [4.78, 5) is 16.4. The van der Waals surface area contributed by atoms with Crippen LogP contribution in [0, 0.1) is 5.92 Å². The molecule has 1 amide bonds. The molecule has 1 heterocycles. The van der Waals surface area contributed by atoms with Gasteiger partial charge in [-0.15, -0.1) is 0 Å². The van der Waals surface area contributed by atoms with Crippen molar-refractivity contribution >= 4 is 17.3 Å². The Morgan fingerprint density at radius 3 is 2.36 bits per heavy atom. The molecule has 0 aliphatic heterocycles. The second-order valence-corrected chi connectivity index (χ2v) is 7.82. The first-order valence-electron chi connectivity index (χ1n) is 8.87. The maximum atomic E-state index is 12.2. The second kappa shape index (κ2) is 8.15. The molecule has 134 valence electrons. The molecule has 0 spiro atoms. The van der Waals surface area contributed by atoms with E-state index < -0.39 is 0 Å². The van der Waals surface area contributed by atoms with Gasteiger partial charge < -0.3 is 10.6 Å². The number of amides is 1. The summed E-state index contributed by atoms with van der Waals surface area (Å²) in [6, 6.07) is 12.0. The van der Waals surface area contributed by atoms with E-state index in [1.54, 1.807) is 12.3 Å². The third-order valence-corrected chi connectivity index (χ3v) is 4.04. The number of rotatable bonds is 6. The molecule has 1 aromatic heterocycles. The molecular weight excluding hydrogens is 310 g/mol. The van der Waals surface area contributed by atoms with E-state index in [0.717, 1.165) is 17.8 Å². The molecule has 0 radical (unpaired) electrons. The lowest BCUT2D eigenvalue weighted by Gasteiger charge is -2.19. The fourth-order valence-corrected chi connectivity index (χ4v) is 2.42. The largest absolute Gasteiger partial charge is 0.355 e. The molecule has 0 aliphatic carbocycles. The molecule has 0 aliphatic rings. The third-order valence-electron chi connectivity index (χ3n) is 4.04. The number of nitrogens with one attached hydrogen (secondary N) is 2. The summed E-state index contributed by atoms with van der Waals surface area (Å²) in [5, 5.41) is 6.25. The Morgan fingerprint density at radius 1 is 1.08 bits per heavy atom. The lowest BCUT2D eigenvalue weighted by Crippen LogP contribution is -2.26. The minimum atomic E-state index is -0.132. The van der Waals surface area contributed by atoms with Gasteiger partial charge in [-0.25, -0.2) is 0 Å². The number of carbonyl (C=O) groups excluding carboxylic acids is 1. The van der Waals surface area contributed by atoms with Crippen LogP contribution in [0.5, 0.6) is 0 Å². The fourth-order valence-electron chi connectivity index (χ4n) is 2.42. The van der Waals surface area contributed by atoms with E-state index in [4.69, 9.17) is 0 Å². The number of carbonyl (C=O) groups is 1. The molecule has 25 heavy (non-hydrogen) atoms. The number of hydrogen-bond acceptors (Lipinski definition) is 3. The highest BCUT2D eigenvalue weighted by Gasteiger charge is 2.13. The Bertz CT molecular complexity index is 700. The summed E-state index contributed by atoms with van der Waals surface area (Å²) >= 11 is 0. The van der Waals surface area contributed by atoms with Gasteiger partial charge in [0.05, 0.1) is 0 Å². The zero-order chi connectivity index (χ0) is 18.4. The highest BCUT2D eigenvalue weighted by molar-refractivity contribution is 5.93. The molecule has 2 aromatic rings. The van der Waals surface area contributed by atoms with Gasteiger partial charge in [0.2, 0.25) is 0 Å². The number of pyridine rings is 1. The van der Waals surface area contributed by atoms with Crippen LogP contribution in [0.2, 0.25) is 0 Å². The van der Waals surface area contributed by atoms with Crippen LogP contribution in [0.25, 0.3) is 0 Å². The van der Waals surface area contributed by atoms with Crippen LogP contribution in [0.15, 0.2) is 42.6 Å². The minimum absolute atomic E-state index is 0.132. The van der Waals surface area contributed by atoms with Crippen molar-refractivity contribution in [2.24, 2.45) is 5.92 Å². The van der Waals surface area contributed by atoms with Crippen molar-refractivity contribution in [1.82, 2.24) is 10.3 Å². The smallest absolute Gasteiger partial charge is 0.269 e. The molecule has 0 unspecified atom stereocenters. The van der Waals surface area contributed by atoms with Crippen LogP contribution < -0.4 is 10.6 Å². The van der Waals surface area contributed by atoms with Gasteiger partial charge in [-0.3, -0.25) is 9.78 Å². The number of hydrogen-bond donors (Lipinski definition) is 2. The average Bonchev–Trinajstić information content (AvgIpc) is 2.54. The number of benzene rings is 1. The van der Waals surface area contributed by atoms with Gasteiger partial charge in [0.25, 0.3) is 5.91 Å². The maximum Gasteiger partial charge on any atom is 0.269 e. The lowest BCUT2D eigenvalue weighted by atomic mass is 9.87. The zero-order valence-electron chi connectivity index (χ0n) is 15.9. The highest BCUT2D eigenvalue weighted by Crippen LogP contribution is 2.25. The first kappa shape index (κ1) is 19.0. The van der Waals surface area contributed by atoms with Gasteiger partial charge in [0, 0.05) is 24.1 Å². The molecule has 0 atom stereocenters. The Morgan fingerprint density at radius 2 is 1.76 bits per heavy atom. The molecule has 1 aromatic carbocycles. The van der Waals surface area contributed by atoms with Crippen molar-refractivity contribution in [3.05, 3.63) is 53.9 Å². The molecule has 0 saturated heterocycles. The molecule has 2 N–H and O–H groups in total. The third kappa shape index (κ3) is 5.89. The predicted octanol–water partition coefficient (Wildman–Crippen LogP) is 4.90. The van der Waals surface area contributed by atoms with Crippen molar-refractivity contribution in [1.29, 1.82) is 0 Å². The van der Waals surface area contributed by atoms with Gasteiger partial charge in [-0.2, -0.15) is 0 Å². The number of anilines is 2. The van der Waals surface area contributed by atoms with E-state index in [1.165, 1.54) is 5.56 Å². The number of nitrogens with zero attached hydrogens (tertiary/aromatic N) is 1. The Labute approximate surface area is 151 Å². The summed E-state index contributed by atoms with van der Waals surface area (Å²) in [6.07, 6.45) is 2.62. The minimum Gasteiger partial charge on any atom is -0.355 e. The molecule has 2 rings (SSSR count). The second-order valence-electron chi connectivity index (χ2n) is 7.82. The summed E-state index contributed by atoms with van der Waals surface area (Å²) in [5.74, 6) is 0.435. The first-order valence-corrected chi connectivity index (χ1v) is 8.87. The molecular formula is C21H29N3O. The lowest BCUT2D eigenvalue weighted by molar-refractivity contribution is 0.0947. The van der Waals surface area contributed by atoms with Crippen LogP contribution >= 0.6 is 0 Å². The van der Waals surface area contributed by atoms with Crippen LogP contribution in [0.1, 0.15) is 57.1 Å². The Balaban J connectivity index is 2.02. The molecule has 0 bridgehead atoms. The van der Waals surface area contributed by atoms with Crippen LogP contribution in [0.3, 0.4) is 0 Å². The SMILES string of the molecule is CC(C)CCNC(=O)c1cc(Nc2ccc(C(C)(C)C)cc2)ccn1. The number of aromatic nitrogens is 1. The van der Waals surface area contributed by atoms with Crippen LogP contribution in [-0.4, -0.2) is 17.4 Å². The summed E-state index contributed by atoms with van der Waals surface area (Å²) < 4.78 is 0. The topological polar surface area (TPSA) is 54.0 Å². The summed E-state index contributed by atoms with van der Waals surface area (Å²) in [6.45, 7) is 11.5. The highest BCUT2D eigenvalue weighted by atomic mass is 16.1. The van der Waals surface area contributed by atoms with Crippen LogP contribution in [0.4, 0.5) is 11.4 Å². The van der Waals surface area contributed by atoms with Crippen molar-refractivity contribution < 1.29 is 4.79 Å². The Hall–Kier alpha value is -2.36. The monoisotopic (exact) mass is 339 g/mol. The van der Waals surface area contributed by atoms with E-state index in [1.807, 2.05) is 6.07 Å². The fraction of sp³-hybridized carbons (Fsp3) is 0.429. The molecule has 4 heteroatoms. The van der Waals surface area contributed by atoms with E-state index in [0.29, 0.717) is 18.2 Å². The van der Waals surface area contributed by atoms with Gasteiger partial charge >= 0.3 is 0 Å². The quantitative estimate of drug-likeness (QED) is 0.787. The normalized spacial score (nSPS) is 11.4. The van der Waals surface area contributed by atoms with Crippen molar-refractivity contribution in [3.63, 3.8) is 0 Å². The van der Waals surface area contributed by atoms with Gasteiger partial charge in [-0.1, -0.05) is 46.8 Å². The molecule has 0 saturated carbocycles. The standard InChI is InChI=1S/C21H29N3O/c1-15(2)10-12-23-20(25)19-14-18(11-13-22-19)24-17-8-6-16(7-9-17)21(3,4)5/h6-9,11,13-15H,10,12H2,1-5H3,(H,22,24)(H,23,25). The van der Waals surface area contributed by atoms with Crippen molar-refractivity contribution in [2.45, 2.75) is 46.5 Å². The summed E-state index contributed by atoms with van der Waals surface area (Å²) in [5.41, 5.74) is 3.70. The van der Waals surface area contributed by atoms with E-state index >= 15 is 0 Å². The van der Waals surface area contributed by atoms with Gasteiger partial charge in [0.1, 0.15) is 5.69 Å². The van der Waals surface area contributed by atoms with Crippen LogP contribution in [-0.2, 0) is 5.41 Å². The Kier molecular flexibility index (Phi) is 6.18. The van der Waals surface area contributed by atoms with E-state index in [9.17, 15) is 4.79 Å². The molecule has 0 fully saturated rings. The predicted molar refractivity (Wildman–Crippen MR) is 104 cm³/mol. The van der Waals surface area contributed by atoms with Crippen molar-refractivity contribution in [3.8, 4) is 0 Å². The van der Waals surface area contributed by atoms with E-state index in [-0.39, 0.29) is 11.3 Å². The molecule has 4 nitrogen and oxygen atoms in total. The van der Waals surface area contributed by atoms with Crippen molar-refractivity contribution in [2.75, 3.05) is 11.9 Å². The maximum absolute atomic E-state index is 12.2. The first-order chi connectivity index (χ1) is 11.8. The van der Waals surface area contributed by atoms with E-state index in [2.05, 4.69) is 74.5 Å². The van der Waals surface area contributed by atoms with Gasteiger partial charge in [-0.05, 0) is 47.6 Å². The zero-order valence-corrected chi connectivity index (χ0v) is 15.9. The van der Waals surface area contributed by atoms with Gasteiger partial charge in [0.15, 0.2) is 0 Å².